The lowest BCUT2D eigenvalue weighted by atomic mass is 9.99. The van der Waals surface area contributed by atoms with E-state index in [4.69, 9.17) is 15.2 Å². The molecule has 1 saturated heterocycles. The highest BCUT2D eigenvalue weighted by molar-refractivity contribution is 5.31. The van der Waals surface area contributed by atoms with Crippen LogP contribution in [0, 0.1) is 5.92 Å². The number of hydrogen-bond acceptors (Lipinski definition) is 4. The van der Waals surface area contributed by atoms with E-state index in [1.54, 1.807) is 14.2 Å². The number of likely N-dealkylation sites (tertiary alicyclic amines) is 1. The molecule has 4 nitrogen and oxygen atoms in total. The number of benzene rings is 1. The molecule has 0 radical (unpaired) electrons. The van der Waals surface area contributed by atoms with Gasteiger partial charge in [-0.1, -0.05) is 12.1 Å². The number of ether oxygens (including phenoxy) is 2. The summed E-state index contributed by atoms with van der Waals surface area (Å²) in [6.07, 6.45) is 1.18. The summed E-state index contributed by atoms with van der Waals surface area (Å²) in [5.41, 5.74) is 7.48. The first kappa shape index (κ1) is 15.3. The van der Waals surface area contributed by atoms with Gasteiger partial charge in [0.15, 0.2) is 0 Å². The third-order valence-corrected chi connectivity index (χ3v) is 4.05. The Labute approximate surface area is 121 Å². The van der Waals surface area contributed by atoms with Crippen LogP contribution in [0.4, 0.5) is 0 Å². The van der Waals surface area contributed by atoms with Gasteiger partial charge in [0.05, 0.1) is 13.7 Å². The molecule has 0 amide bonds. The topological polar surface area (TPSA) is 47.7 Å². The van der Waals surface area contributed by atoms with E-state index in [9.17, 15) is 0 Å². The van der Waals surface area contributed by atoms with Crippen molar-refractivity contribution in [3.63, 3.8) is 0 Å². The normalized spacial score (nSPS) is 22.7. The highest BCUT2D eigenvalue weighted by atomic mass is 16.5. The van der Waals surface area contributed by atoms with Crippen LogP contribution in [0.15, 0.2) is 24.3 Å². The minimum Gasteiger partial charge on any atom is -0.497 e. The lowest BCUT2D eigenvalue weighted by Gasteiger charge is -2.31. The molecule has 4 heteroatoms. The van der Waals surface area contributed by atoms with Crippen LogP contribution >= 0.6 is 0 Å². The average Bonchev–Trinajstić information content (AvgIpc) is 2.87. The van der Waals surface area contributed by atoms with Crippen molar-refractivity contribution >= 4 is 0 Å². The molecule has 0 aromatic heterocycles. The number of nitrogens with two attached hydrogens (primary N) is 1. The van der Waals surface area contributed by atoms with Crippen LogP contribution in [0.3, 0.4) is 0 Å². The van der Waals surface area contributed by atoms with Crippen LogP contribution < -0.4 is 10.5 Å². The predicted molar refractivity (Wildman–Crippen MR) is 80.9 cm³/mol. The highest BCUT2D eigenvalue weighted by Gasteiger charge is 2.31. The van der Waals surface area contributed by atoms with Crippen molar-refractivity contribution in [3.8, 4) is 5.75 Å². The van der Waals surface area contributed by atoms with E-state index < -0.39 is 0 Å². The van der Waals surface area contributed by atoms with E-state index in [1.807, 2.05) is 12.1 Å². The van der Waals surface area contributed by atoms with Gasteiger partial charge in [0.1, 0.15) is 5.75 Å². The molecule has 0 saturated carbocycles. The quantitative estimate of drug-likeness (QED) is 0.865. The van der Waals surface area contributed by atoms with E-state index in [0.717, 1.165) is 25.4 Å². The Morgan fingerprint density at radius 2 is 2.20 bits per heavy atom. The molecule has 2 N–H and O–H groups in total. The van der Waals surface area contributed by atoms with Gasteiger partial charge < -0.3 is 15.2 Å². The lowest BCUT2D eigenvalue weighted by Crippen LogP contribution is -2.38. The van der Waals surface area contributed by atoms with E-state index in [-0.39, 0.29) is 12.1 Å². The van der Waals surface area contributed by atoms with Crippen LogP contribution in [-0.4, -0.2) is 44.9 Å². The number of rotatable bonds is 6. The van der Waals surface area contributed by atoms with Gasteiger partial charge in [-0.05, 0) is 43.5 Å². The van der Waals surface area contributed by atoms with Crippen LogP contribution in [0.25, 0.3) is 0 Å². The summed E-state index contributed by atoms with van der Waals surface area (Å²) in [5.74, 6) is 1.51. The predicted octanol–water partition coefficient (Wildman–Crippen LogP) is 2.05. The molecule has 1 fully saturated rings. The van der Waals surface area contributed by atoms with Crippen molar-refractivity contribution in [1.82, 2.24) is 4.90 Å². The summed E-state index contributed by atoms with van der Waals surface area (Å²) < 4.78 is 10.6. The van der Waals surface area contributed by atoms with Crippen molar-refractivity contribution in [1.29, 1.82) is 0 Å². The van der Waals surface area contributed by atoms with E-state index >= 15 is 0 Å². The molecule has 0 spiro atoms. The van der Waals surface area contributed by atoms with Crippen molar-refractivity contribution in [2.45, 2.75) is 25.4 Å². The number of nitrogens with zero attached hydrogens (tertiary/aromatic N) is 1. The maximum atomic E-state index is 6.25. The minimum absolute atomic E-state index is 0.0865. The zero-order valence-corrected chi connectivity index (χ0v) is 12.7. The molecular weight excluding hydrogens is 252 g/mol. The second kappa shape index (κ2) is 7.07. The molecule has 112 valence electrons. The van der Waals surface area contributed by atoms with Crippen molar-refractivity contribution in [3.05, 3.63) is 29.8 Å². The van der Waals surface area contributed by atoms with Gasteiger partial charge >= 0.3 is 0 Å². The molecule has 1 aromatic rings. The van der Waals surface area contributed by atoms with Gasteiger partial charge in [-0.25, -0.2) is 0 Å². The average molecular weight is 278 g/mol. The van der Waals surface area contributed by atoms with Gasteiger partial charge in [-0.3, -0.25) is 4.90 Å². The van der Waals surface area contributed by atoms with Crippen LogP contribution in [0.5, 0.6) is 5.75 Å². The van der Waals surface area contributed by atoms with Gasteiger partial charge in [0, 0.05) is 25.7 Å². The van der Waals surface area contributed by atoms with Crippen LogP contribution in [0.2, 0.25) is 0 Å². The lowest BCUT2D eigenvalue weighted by molar-refractivity contribution is 0.143. The molecule has 1 aliphatic heterocycles. The zero-order chi connectivity index (χ0) is 14.5. The Kier molecular flexibility index (Phi) is 5.40. The number of hydrogen-bond donors (Lipinski definition) is 1. The first-order valence-corrected chi connectivity index (χ1v) is 7.28. The van der Waals surface area contributed by atoms with E-state index in [2.05, 4.69) is 24.0 Å². The van der Waals surface area contributed by atoms with Crippen LogP contribution in [0.1, 0.15) is 24.9 Å². The largest absolute Gasteiger partial charge is 0.497 e. The van der Waals surface area contributed by atoms with E-state index in [0.29, 0.717) is 5.92 Å². The molecular formula is C16H26N2O2. The van der Waals surface area contributed by atoms with Crippen molar-refractivity contribution in [2.75, 3.05) is 33.9 Å². The second-order valence-electron chi connectivity index (χ2n) is 5.69. The molecule has 1 aliphatic rings. The first-order chi connectivity index (χ1) is 9.65. The monoisotopic (exact) mass is 278 g/mol. The van der Waals surface area contributed by atoms with Crippen molar-refractivity contribution in [2.24, 2.45) is 11.7 Å². The van der Waals surface area contributed by atoms with Crippen molar-refractivity contribution < 1.29 is 9.47 Å². The summed E-state index contributed by atoms with van der Waals surface area (Å²) in [6.45, 7) is 5.04. The molecule has 2 rings (SSSR count). The highest BCUT2D eigenvalue weighted by Crippen LogP contribution is 2.31. The fourth-order valence-electron chi connectivity index (χ4n) is 3.16. The molecule has 1 aromatic carbocycles. The van der Waals surface area contributed by atoms with Crippen LogP contribution in [-0.2, 0) is 4.74 Å². The molecule has 0 bridgehead atoms. The second-order valence-corrected chi connectivity index (χ2v) is 5.69. The van der Waals surface area contributed by atoms with Gasteiger partial charge in [-0.15, -0.1) is 0 Å². The molecule has 3 unspecified atom stereocenters. The Balaban J connectivity index is 2.15. The Morgan fingerprint density at radius 1 is 1.40 bits per heavy atom. The van der Waals surface area contributed by atoms with Gasteiger partial charge in [-0.2, -0.15) is 0 Å². The summed E-state index contributed by atoms with van der Waals surface area (Å²) in [6, 6.07) is 8.57. The maximum absolute atomic E-state index is 6.25. The third-order valence-electron chi connectivity index (χ3n) is 4.05. The third kappa shape index (κ3) is 3.51. The maximum Gasteiger partial charge on any atom is 0.119 e. The fourth-order valence-corrected chi connectivity index (χ4v) is 3.16. The first-order valence-electron chi connectivity index (χ1n) is 7.28. The summed E-state index contributed by atoms with van der Waals surface area (Å²) in [5, 5.41) is 0. The summed E-state index contributed by atoms with van der Waals surface area (Å²) in [7, 11) is 3.47. The SMILES string of the molecule is COCC1CCN(C(c2cccc(OC)c2)C(C)N)C1. The van der Waals surface area contributed by atoms with Gasteiger partial charge in [0.2, 0.25) is 0 Å². The molecule has 0 aliphatic carbocycles. The summed E-state index contributed by atoms with van der Waals surface area (Å²) >= 11 is 0. The smallest absolute Gasteiger partial charge is 0.119 e. The standard InChI is InChI=1S/C16H26N2O2/c1-12(17)16(14-5-4-6-15(9-14)20-3)18-8-7-13(10-18)11-19-2/h4-6,9,12-13,16H,7-8,10-11,17H2,1-3H3. The Bertz CT molecular complexity index is 423. The minimum atomic E-state index is 0.0865. The Hall–Kier alpha value is -1.10. The molecule has 1 heterocycles. The molecule has 20 heavy (non-hydrogen) atoms. The summed E-state index contributed by atoms with van der Waals surface area (Å²) in [4.78, 5) is 2.48. The number of methoxy groups -OCH3 is 2. The Morgan fingerprint density at radius 3 is 2.85 bits per heavy atom. The molecule has 3 atom stereocenters. The fraction of sp³-hybridized carbons (Fsp3) is 0.625. The van der Waals surface area contributed by atoms with Gasteiger partial charge in [0.25, 0.3) is 0 Å². The zero-order valence-electron chi connectivity index (χ0n) is 12.7. The van der Waals surface area contributed by atoms with E-state index in [1.165, 1.54) is 12.0 Å².